The third-order valence-corrected chi connectivity index (χ3v) is 10.5. The third-order valence-electron chi connectivity index (χ3n) is 10.5. The molecule has 0 saturated carbocycles. The molecular weight excluding hydrogens is 703 g/mol. The van der Waals surface area contributed by atoms with Gasteiger partial charge in [0, 0.05) is 33.4 Å². The van der Waals surface area contributed by atoms with Crippen molar-refractivity contribution >= 4 is 60.5 Å². The van der Waals surface area contributed by atoms with E-state index in [9.17, 15) is 16.4 Å². The van der Waals surface area contributed by atoms with Gasteiger partial charge in [-0.25, -0.2) is 0 Å². The Morgan fingerprint density at radius 1 is 0.328 bits per heavy atom. The minimum atomic E-state index is -0.704. The van der Waals surface area contributed by atoms with Crippen LogP contribution in [0.5, 0.6) is 0 Å². The summed E-state index contributed by atoms with van der Waals surface area (Å²) in [6.45, 7) is 0. The second-order valence-corrected chi connectivity index (χ2v) is 14.0. The quantitative estimate of drug-likeness (QED) is 0.161. The van der Waals surface area contributed by atoms with E-state index in [0.717, 1.165) is 37.6 Å². The summed E-state index contributed by atoms with van der Waals surface area (Å²) in [5.41, 5.74) is 1.62. The molecule has 2 nitrogen and oxygen atoms in total. The molecule has 0 saturated heterocycles. The molecule has 10 aromatic carbocycles. The van der Waals surface area contributed by atoms with Crippen LogP contribution in [0.2, 0.25) is 0 Å². The standard InChI is InChI=1S/C56H37NO/c1-2-11-45-37-46(24-23-38(45)9-1)41-21-19-39(20-22-41)40-25-31-47(32-26-40)57(48-33-27-43(28-34-48)51-15-7-12-42-10-3-4-13-50(42)51)49-35-29-44(30-36-49)52-16-8-17-54-53-14-5-6-18-55(53)58-56(52)54/h1-37H/i25D,26D,27D,28D,29D,30D,31D,32D,33D,34D,35D,36D. The van der Waals surface area contributed by atoms with Gasteiger partial charge >= 0.3 is 0 Å². The maximum atomic E-state index is 9.65. The summed E-state index contributed by atoms with van der Waals surface area (Å²) in [4.78, 5) is 0.841. The van der Waals surface area contributed by atoms with Crippen molar-refractivity contribution < 1.29 is 20.9 Å². The molecular formula is C56H37NO. The first-order valence-electron chi connectivity index (χ1n) is 24.9. The smallest absolute Gasteiger partial charge is 0.143 e. The Morgan fingerprint density at radius 3 is 1.52 bits per heavy atom. The second-order valence-electron chi connectivity index (χ2n) is 14.0. The van der Waals surface area contributed by atoms with Gasteiger partial charge in [0.2, 0.25) is 0 Å². The average molecular weight is 752 g/mol. The molecule has 0 aliphatic heterocycles. The molecule has 0 aliphatic rings. The number of para-hydroxylation sites is 2. The number of benzene rings is 10. The van der Waals surface area contributed by atoms with Gasteiger partial charge in [0.25, 0.3) is 0 Å². The van der Waals surface area contributed by atoms with Crippen LogP contribution >= 0.6 is 0 Å². The summed E-state index contributed by atoms with van der Waals surface area (Å²) in [5, 5.41) is 5.03. The van der Waals surface area contributed by atoms with Gasteiger partial charge in [-0.15, -0.1) is 0 Å². The van der Waals surface area contributed by atoms with Gasteiger partial charge in [-0.1, -0.05) is 176 Å². The minimum absolute atomic E-state index is 0.0497. The van der Waals surface area contributed by atoms with Crippen molar-refractivity contribution in [3.8, 4) is 44.5 Å². The number of hydrogen-bond acceptors (Lipinski definition) is 2. The van der Waals surface area contributed by atoms with Crippen LogP contribution in [0.1, 0.15) is 16.4 Å². The molecule has 0 N–H and O–H groups in total. The van der Waals surface area contributed by atoms with Crippen LogP contribution in [0.3, 0.4) is 0 Å². The summed E-state index contributed by atoms with van der Waals surface area (Å²) in [5.74, 6) is 0. The molecule has 0 amide bonds. The molecule has 0 bridgehead atoms. The molecule has 0 spiro atoms. The molecule has 11 aromatic rings. The van der Waals surface area contributed by atoms with Crippen molar-refractivity contribution in [3.05, 3.63) is 224 Å². The number of furan rings is 1. The highest BCUT2D eigenvalue weighted by Gasteiger charge is 2.16. The fourth-order valence-corrected chi connectivity index (χ4v) is 7.59. The van der Waals surface area contributed by atoms with Crippen molar-refractivity contribution in [3.63, 3.8) is 0 Å². The fourth-order valence-electron chi connectivity index (χ4n) is 7.59. The first-order valence-corrected chi connectivity index (χ1v) is 18.9. The van der Waals surface area contributed by atoms with E-state index in [1.165, 1.54) is 0 Å². The van der Waals surface area contributed by atoms with E-state index in [-0.39, 0.29) is 22.3 Å². The van der Waals surface area contributed by atoms with Crippen LogP contribution in [-0.4, -0.2) is 0 Å². The van der Waals surface area contributed by atoms with Crippen LogP contribution in [0, 0.1) is 0 Å². The topological polar surface area (TPSA) is 16.4 Å². The van der Waals surface area contributed by atoms with Gasteiger partial charge in [0.1, 0.15) is 11.2 Å². The maximum Gasteiger partial charge on any atom is 0.143 e. The monoisotopic (exact) mass is 751 g/mol. The molecule has 1 aromatic heterocycles. The van der Waals surface area contributed by atoms with Gasteiger partial charge in [-0.3, -0.25) is 0 Å². The fraction of sp³-hybridized carbons (Fsp3) is 0. The van der Waals surface area contributed by atoms with E-state index in [1.54, 1.807) is 54.6 Å². The van der Waals surface area contributed by atoms with E-state index in [0.29, 0.717) is 33.1 Å². The molecule has 0 aliphatic carbocycles. The zero-order valence-electron chi connectivity index (χ0n) is 42.8. The van der Waals surface area contributed by atoms with E-state index in [2.05, 4.69) is 6.07 Å². The number of rotatable bonds is 7. The summed E-state index contributed by atoms with van der Waals surface area (Å²) in [7, 11) is 0. The van der Waals surface area contributed by atoms with Crippen molar-refractivity contribution in [1.29, 1.82) is 0 Å². The summed E-state index contributed by atoms with van der Waals surface area (Å²) < 4.78 is 121. The van der Waals surface area contributed by atoms with E-state index >= 15 is 0 Å². The Hall–Kier alpha value is -7.68. The summed E-state index contributed by atoms with van der Waals surface area (Å²) >= 11 is 0. The van der Waals surface area contributed by atoms with E-state index in [1.807, 2.05) is 91.0 Å². The van der Waals surface area contributed by atoms with Crippen molar-refractivity contribution in [1.82, 2.24) is 0 Å². The molecule has 0 unspecified atom stereocenters. The number of fused-ring (bicyclic) bond motifs is 5. The molecule has 272 valence electrons. The molecule has 58 heavy (non-hydrogen) atoms. The Kier molecular flexibility index (Phi) is 5.70. The molecule has 0 radical (unpaired) electrons. The van der Waals surface area contributed by atoms with Gasteiger partial charge in [-0.2, -0.15) is 0 Å². The highest BCUT2D eigenvalue weighted by molar-refractivity contribution is 6.09. The summed E-state index contributed by atoms with van der Waals surface area (Å²) in [6.07, 6.45) is 0. The maximum absolute atomic E-state index is 9.65. The van der Waals surface area contributed by atoms with Crippen molar-refractivity contribution in [2.75, 3.05) is 4.90 Å². The Balaban J connectivity index is 1.15. The Morgan fingerprint density at radius 2 is 0.810 bits per heavy atom. The highest BCUT2D eigenvalue weighted by Crippen LogP contribution is 2.41. The molecule has 0 atom stereocenters. The number of hydrogen-bond donors (Lipinski definition) is 0. The summed E-state index contributed by atoms with van der Waals surface area (Å²) in [6, 6.07) is 38.8. The van der Waals surface area contributed by atoms with Gasteiger partial charge in [0.15, 0.2) is 0 Å². The van der Waals surface area contributed by atoms with E-state index in [4.69, 9.17) is 4.42 Å². The van der Waals surface area contributed by atoms with E-state index < -0.39 is 89.6 Å². The second kappa shape index (κ2) is 14.1. The lowest BCUT2D eigenvalue weighted by Gasteiger charge is -2.26. The SMILES string of the molecule is [2H]c1c([2H])c(N(c2c([2H])c([2H])c(-c3cccc4ccccc34)c([2H])c2[2H])c2c([2H])c([2H])c(-c3cccc4c3oc3ccccc34)c([2H])c2[2H])c([2H])c([2H])c1-c1ccc(-c2ccc3ccccc3c2)cc1. The predicted octanol–water partition coefficient (Wildman–Crippen LogP) is 16.0. The average Bonchev–Trinajstić information content (AvgIpc) is 3.77. The first kappa shape index (κ1) is 23.4. The first-order chi connectivity index (χ1) is 33.8. The zero-order valence-corrected chi connectivity index (χ0v) is 30.8. The lowest BCUT2D eigenvalue weighted by atomic mass is 9.97. The molecule has 1 heterocycles. The lowest BCUT2D eigenvalue weighted by Crippen LogP contribution is -2.09. The third kappa shape index (κ3) is 6.00. The Bertz CT molecular complexity index is 3910. The molecule has 0 fully saturated rings. The van der Waals surface area contributed by atoms with Crippen molar-refractivity contribution in [2.24, 2.45) is 0 Å². The number of anilines is 3. The van der Waals surface area contributed by atoms with Crippen molar-refractivity contribution in [2.45, 2.75) is 0 Å². The van der Waals surface area contributed by atoms with Crippen LogP contribution in [0.4, 0.5) is 17.1 Å². The largest absolute Gasteiger partial charge is 0.455 e. The van der Waals surface area contributed by atoms with Gasteiger partial charge in [0.05, 0.1) is 16.4 Å². The van der Waals surface area contributed by atoms with Gasteiger partial charge < -0.3 is 9.32 Å². The van der Waals surface area contributed by atoms with Crippen LogP contribution < -0.4 is 4.90 Å². The highest BCUT2D eigenvalue weighted by atomic mass is 16.3. The van der Waals surface area contributed by atoms with Gasteiger partial charge in [-0.05, 0) is 109 Å². The molecule has 2 heteroatoms. The Labute approximate surface area is 354 Å². The van der Waals surface area contributed by atoms with Crippen LogP contribution in [-0.2, 0) is 0 Å². The minimum Gasteiger partial charge on any atom is -0.455 e. The number of nitrogens with zero attached hydrogens (tertiary/aromatic N) is 1. The van der Waals surface area contributed by atoms with Crippen LogP contribution in [0.25, 0.3) is 88.0 Å². The molecule has 11 rings (SSSR count). The zero-order chi connectivity index (χ0) is 48.9. The van der Waals surface area contributed by atoms with Crippen LogP contribution in [0.15, 0.2) is 229 Å². The normalized spacial score (nSPS) is 14.3. The lowest BCUT2D eigenvalue weighted by molar-refractivity contribution is 0.670. The predicted molar refractivity (Wildman–Crippen MR) is 245 cm³/mol.